The molecule has 0 radical (unpaired) electrons. The molecule has 0 bridgehead atoms. The molecule has 0 amide bonds. The van der Waals surface area contributed by atoms with Crippen LogP contribution < -0.4 is 0 Å². The Morgan fingerprint density at radius 1 is 1.44 bits per heavy atom. The molecule has 90 valence electrons. The van der Waals surface area contributed by atoms with Gasteiger partial charge in [-0.25, -0.2) is 0 Å². The first-order valence-electron chi connectivity index (χ1n) is 6.03. The predicted molar refractivity (Wildman–Crippen MR) is 61.0 cm³/mol. The summed E-state index contributed by atoms with van der Waals surface area (Å²) in [6, 6.07) is 0. The van der Waals surface area contributed by atoms with Crippen molar-refractivity contribution in [2.24, 2.45) is 5.41 Å². The molecule has 0 aromatic heterocycles. The van der Waals surface area contributed by atoms with Gasteiger partial charge in [0.1, 0.15) is 0 Å². The Morgan fingerprint density at radius 2 is 2.06 bits per heavy atom. The summed E-state index contributed by atoms with van der Waals surface area (Å²) in [4.78, 5) is 11.2. The summed E-state index contributed by atoms with van der Waals surface area (Å²) in [5.74, 6) is -0.354. The van der Waals surface area contributed by atoms with Gasteiger partial charge >= 0.3 is 0 Å². The average Bonchev–Trinajstić information content (AvgIpc) is 2.80. The van der Waals surface area contributed by atoms with Crippen molar-refractivity contribution in [1.29, 1.82) is 0 Å². The number of hydrogen-bond donors (Lipinski definition) is 0. The molecule has 3 nitrogen and oxygen atoms in total. The third-order valence-electron chi connectivity index (χ3n) is 4.11. The van der Waals surface area contributed by atoms with Crippen LogP contribution in [0.15, 0.2) is 11.6 Å². The van der Waals surface area contributed by atoms with Gasteiger partial charge in [-0.1, -0.05) is 19.4 Å². The zero-order valence-electron chi connectivity index (χ0n) is 10.3. The van der Waals surface area contributed by atoms with Crippen LogP contribution in [-0.4, -0.2) is 24.8 Å². The quantitative estimate of drug-likeness (QED) is 0.676. The smallest absolute Gasteiger partial charge is 0.177 e. The summed E-state index contributed by atoms with van der Waals surface area (Å²) in [6.45, 7) is 7.22. The zero-order valence-corrected chi connectivity index (χ0v) is 10.3. The highest BCUT2D eigenvalue weighted by Crippen LogP contribution is 2.56. The summed E-state index contributed by atoms with van der Waals surface area (Å²) in [5.41, 5.74) is 1.04. The van der Waals surface area contributed by atoms with Gasteiger partial charge < -0.3 is 9.47 Å². The van der Waals surface area contributed by atoms with Crippen LogP contribution in [0.25, 0.3) is 0 Å². The largest absolute Gasteiger partial charge is 0.347 e. The van der Waals surface area contributed by atoms with Crippen molar-refractivity contribution in [2.75, 3.05) is 13.2 Å². The van der Waals surface area contributed by atoms with E-state index in [-0.39, 0.29) is 11.2 Å². The van der Waals surface area contributed by atoms with Crippen LogP contribution in [-0.2, 0) is 14.3 Å². The van der Waals surface area contributed by atoms with Crippen molar-refractivity contribution in [3.8, 4) is 0 Å². The van der Waals surface area contributed by atoms with Gasteiger partial charge in [-0.05, 0) is 25.8 Å². The Hall–Kier alpha value is -0.670. The van der Waals surface area contributed by atoms with E-state index in [0.717, 1.165) is 19.3 Å². The molecule has 0 aromatic carbocycles. The van der Waals surface area contributed by atoms with E-state index in [1.807, 2.05) is 0 Å². The van der Waals surface area contributed by atoms with Gasteiger partial charge in [0, 0.05) is 11.8 Å². The normalized spacial score (nSPS) is 35.1. The van der Waals surface area contributed by atoms with Crippen molar-refractivity contribution in [2.45, 2.75) is 45.8 Å². The molecule has 1 saturated heterocycles. The maximum Gasteiger partial charge on any atom is 0.177 e. The molecule has 1 heterocycles. The van der Waals surface area contributed by atoms with Crippen molar-refractivity contribution >= 4 is 5.78 Å². The third-order valence-corrected chi connectivity index (χ3v) is 4.11. The fourth-order valence-corrected chi connectivity index (χ4v) is 2.99. The van der Waals surface area contributed by atoms with Gasteiger partial charge in [-0.2, -0.15) is 0 Å². The molecule has 1 spiro atoms. The van der Waals surface area contributed by atoms with Gasteiger partial charge in [0.25, 0.3) is 0 Å². The van der Waals surface area contributed by atoms with Gasteiger partial charge in [0.2, 0.25) is 0 Å². The van der Waals surface area contributed by atoms with E-state index >= 15 is 0 Å². The van der Waals surface area contributed by atoms with E-state index in [1.54, 1.807) is 13.0 Å². The highest BCUT2D eigenvalue weighted by molar-refractivity contribution is 5.88. The van der Waals surface area contributed by atoms with Gasteiger partial charge in [-0.3, -0.25) is 4.79 Å². The number of ketones is 1. The van der Waals surface area contributed by atoms with E-state index in [0.29, 0.717) is 13.2 Å². The van der Waals surface area contributed by atoms with Crippen LogP contribution in [0.3, 0.4) is 0 Å². The second-order valence-electron chi connectivity index (χ2n) is 4.92. The Labute approximate surface area is 96.8 Å². The Kier molecular flexibility index (Phi) is 2.93. The lowest BCUT2D eigenvalue weighted by atomic mass is 9.77. The summed E-state index contributed by atoms with van der Waals surface area (Å²) in [6.07, 6.45) is 4.48. The van der Waals surface area contributed by atoms with Crippen molar-refractivity contribution in [1.82, 2.24) is 0 Å². The highest BCUT2D eigenvalue weighted by atomic mass is 16.7. The molecule has 3 heteroatoms. The minimum absolute atomic E-state index is 0.115. The highest BCUT2D eigenvalue weighted by Gasteiger charge is 2.57. The second-order valence-corrected chi connectivity index (χ2v) is 4.92. The first kappa shape index (κ1) is 11.8. The van der Waals surface area contributed by atoms with Crippen LogP contribution in [0.1, 0.15) is 40.0 Å². The Morgan fingerprint density at radius 3 is 2.56 bits per heavy atom. The number of allylic oxidation sites excluding steroid dienone is 1. The molecule has 16 heavy (non-hydrogen) atoms. The minimum Gasteiger partial charge on any atom is -0.347 e. The number of carbonyl (C=O) groups is 1. The molecule has 2 aliphatic rings. The summed E-state index contributed by atoms with van der Waals surface area (Å²) in [5, 5.41) is 0. The number of ether oxygens (including phenoxy) is 2. The maximum absolute atomic E-state index is 11.2. The van der Waals surface area contributed by atoms with Crippen molar-refractivity contribution in [3.63, 3.8) is 0 Å². The maximum atomic E-state index is 11.2. The van der Waals surface area contributed by atoms with Crippen molar-refractivity contribution in [3.05, 3.63) is 11.6 Å². The average molecular weight is 224 g/mol. The van der Waals surface area contributed by atoms with Crippen LogP contribution in [0.5, 0.6) is 0 Å². The minimum atomic E-state index is -0.469. The number of carbonyl (C=O) groups excluding carboxylic acids is 1. The second kappa shape index (κ2) is 3.97. The monoisotopic (exact) mass is 224 g/mol. The van der Waals surface area contributed by atoms with Crippen LogP contribution in [0.4, 0.5) is 0 Å². The molecule has 1 unspecified atom stereocenters. The lowest BCUT2D eigenvalue weighted by Gasteiger charge is -2.39. The Bertz CT molecular complexity index is 326. The number of rotatable bonds is 2. The molecule has 1 aliphatic heterocycles. The molecule has 1 atom stereocenters. The summed E-state index contributed by atoms with van der Waals surface area (Å²) >= 11 is 0. The summed E-state index contributed by atoms with van der Waals surface area (Å²) < 4.78 is 11.7. The fraction of sp³-hybridized carbons (Fsp3) is 0.769. The van der Waals surface area contributed by atoms with E-state index < -0.39 is 5.79 Å². The molecule has 2 rings (SSSR count). The van der Waals surface area contributed by atoms with Gasteiger partial charge in [-0.15, -0.1) is 0 Å². The number of hydrogen-bond acceptors (Lipinski definition) is 3. The SMILES string of the molecule is CCC1(C)/C(=C\C(C)=O)CCC12OCCO2. The van der Waals surface area contributed by atoms with Gasteiger partial charge in [0.05, 0.1) is 13.2 Å². The topological polar surface area (TPSA) is 35.5 Å². The van der Waals surface area contributed by atoms with Crippen LogP contribution in [0, 0.1) is 5.41 Å². The van der Waals surface area contributed by atoms with E-state index in [2.05, 4.69) is 13.8 Å². The van der Waals surface area contributed by atoms with Crippen LogP contribution >= 0.6 is 0 Å². The first-order valence-corrected chi connectivity index (χ1v) is 6.03. The molecule has 2 fully saturated rings. The zero-order chi connectivity index (χ0) is 11.8. The fourth-order valence-electron chi connectivity index (χ4n) is 2.99. The molecular weight excluding hydrogens is 204 g/mol. The van der Waals surface area contributed by atoms with E-state index in [9.17, 15) is 4.79 Å². The Balaban J connectivity index is 2.36. The lowest BCUT2D eigenvalue weighted by Crippen LogP contribution is -2.43. The van der Waals surface area contributed by atoms with Crippen molar-refractivity contribution < 1.29 is 14.3 Å². The molecule has 1 aliphatic carbocycles. The van der Waals surface area contributed by atoms with E-state index in [1.165, 1.54) is 5.57 Å². The molecule has 1 saturated carbocycles. The van der Waals surface area contributed by atoms with Crippen LogP contribution in [0.2, 0.25) is 0 Å². The van der Waals surface area contributed by atoms with Gasteiger partial charge in [0.15, 0.2) is 11.6 Å². The predicted octanol–water partition coefficient (Wildman–Crippen LogP) is 2.46. The van der Waals surface area contributed by atoms with E-state index in [4.69, 9.17) is 9.47 Å². The lowest BCUT2D eigenvalue weighted by molar-refractivity contribution is -0.209. The third kappa shape index (κ3) is 1.54. The summed E-state index contributed by atoms with van der Waals surface area (Å²) in [7, 11) is 0. The standard InChI is InChI=1S/C13H20O3/c1-4-12(3)11(9-10(2)14)5-6-13(12)15-7-8-16-13/h9H,4-8H2,1-3H3/b11-9-. The molecule has 0 N–H and O–H groups in total. The molecule has 0 aromatic rings. The first-order chi connectivity index (χ1) is 7.54. The molecular formula is C13H20O3.